The first-order valence-electron chi connectivity index (χ1n) is 15.2. The number of nitrogens with zero attached hydrogens (tertiary/aromatic N) is 2. The van der Waals surface area contributed by atoms with Crippen molar-refractivity contribution >= 4 is 12.1 Å². The largest absolute Gasteiger partial charge is 0.509 e. The third-order valence-corrected chi connectivity index (χ3v) is 8.83. The summed E-state index contributed by atoms with van der Waals surface area (Å²) in [4.78, 5) is 34.0. The van der Waals surface area contributed by atoms with Gasteiger partial charge in [-0.05, 0) is 69.2 Å². The number of rotatable bonds is 11. The number of nitrogens with one attached hydrogen (secondary N) is 2. The molecule has 9 nitrogen and oxygen atoms in total. The average Bonchev–Trinajstić information content (AvgIpc) is 3.67. The number of amides is 1. The van der Waals surface area contributed by atoms with Gasteiger partial charge in [-0.15, -0.1) is 0 Å². The van der Waals surface area contributed by atoms with Crippen LogP contribution in [0.3, 0.4) is 0 Å². The van der Waals surface area contributed by atoms with Crippen LogP contribution >= 0.6 is 0 Å². The van der Waals surface area contributed by atoms with E-state index in [2.05, 4.69) is 15.3 Å². The van der Waals surface area contributed by atoms with Gasteiger partial charge in [0, 0.05) is 24.9 Å². The lowest BCUT2D eigenvalue weighted by atomic mass is 9.74. The molecule has 3 atom stereocenters. The highest BCUT2D eigenvalue weighted by molar-refractivity contribution is 5.79. The Balaban J connectivity index is 1.35. The lowest BCUT2D eigenvalue weighted by Crippen LogP contribution is -2.64. The van der Waals surface area contributed by atoms with E-state index in [1.165, 1.54) is 0 Å². The Kier molecular flexibility index (Phi) is 9.83. The number of aryl methyl sites for hydroxylation is 2. The molecular weight excluding hydrogens is 589 g/mol. The molecule has 0 radical (unpaired) electrons. The van der Waals surface area contributed by atoms with Crippen molar-refractivity contribution in [2.24, 2.45) is 0 Å². The molecule has 2 N–H and O–H groups in total. The van der Waals surface area contributed by atoms with Gasteiger partial charge in [0.05, 0.1) is 42.3 Å². The summed E-state index contributed by atoms with van der Waals surface area (Å²) in [5.41, 5.74) is 0.743. The van der Waals surface area contributed by atoms with Gasteiger partial charge in [-0.25, -0.2) is 9.78 Å². The minimum absolute atomic E-state index is 0.0236. The first-order chi connectivity index (χ1) is 21.5. The first-order valence-corrected chi connectivity index (χ1v) is 15.2. The van der Waals surface area contributed by atoms with Crippen molar-refractivity contribution in [3.8, 4) is 0 Å². The van der Waals surface area contributed by atoms with Gasteiger partial charge < -0.3 is 24.5 Å². The molecule has 1 spiro atoms. The van der Waals surface area contributed by atoms with Gasteiger partial charge in [-0.2, -0.15) is 13.2 Å². The Hall–Kier alpha value is -3.90. The normalized spacial score (nSPS) is 22.7. The predicted octanol–water partition coefficient (Wildman–Crippen LogP) is 6.20. The topological polar surface area (TPSA) is 106 Å². The molecule has 2 aliphatic rings. The van der Waals surface area contributed by atoms with E-state index in [1.54, 1.807) is 32.4 Å². The van der Waals surface area contributed by atoms with E-state index in [0.29, 0.717) is 56.2 Å². The number of H-pyrrole nitrogens is 1. The number of benzene rings is 2. The maximum atomic E-state index is 13.6. The fraction of sp³-hybridized carbons (Fsp3) is 0.485. The smallest absolute Gasteiger partial charge is 0.434 e. The minimum Gasteiger partial charge on any atom is -0.434 e. The van der Waals surface area contributed by atoms with E-state index in [-0.39, 0.29) is 25.9 Å². The molecule has 0 saturated carbocycles. The van der Waals surface area contributed by atoms with Crippen molar-refractivity contribution < 1.29 is 37.0 Å². The van der Waals surface area contributed by atoms with Crippen molar-refractivity contribution in [1.29, 1.82) is 0 Å². The third kappa shape index (κ3) is 7.85. The van der Waals surface area contributed by atoms with Crippen LogP contribution in [0.4, 0.5) is 18.0 Å². The Bertz CT molecular complexity index is 1450. The number of carbonyl (C=O) groups is 2. The van der Waals surface area contributed by atoms with E-state index in [9.17, 15) is 22.8 Å². The van der Waals surface area contributed by atoms with Crippen LogP contribution in [0.5, 0.6) is 0 Å². The van der Waals surface area contributed by atoms with Crippen LogP contribution in [0.2, 0.25) is 0 Å². The van der Waals surface area contributed by atoms with Crippen LogP contribution < -0.4 is 5.32 Å². The maximum Gasteiger partial charge on any atom is 0.509 e. The molecule has 2 aliphatic heterocycles. The summed E-state index contributed by atoms with van der Waals surface area (Å²) in [6, 6.07) is 13.6. The van der Waals surface area contributed by atoms with Crippen molar-refractivity contribution in [3.63, 3.8) is 0 Å². The Morgan fingerprint density at radius 1 is 1.11 bits per heavy atom. The molecule has 2 aromatic carbocycles. The van der Waals surface area contributed by atoms with Crippen LogP contribution in [-0.2, 0) is 37.1 Å². The van der Waals surface area contributed by atoms with Crippen LogP contribution in [0.25, 0.3) is 0 Å². The van der Waals surface area contributed by atoms with Gasteiger partial charge in [0.2, 0.25) is 5.91 Å². The lowest BCUT2D eigenvalue weighted by Gasteiger charge is -2.52. The molecular formula is C33H39F3N4O5. The number of hydrogen-bond donors (Lipinski definition) is 2. The van der Waals surface area contributed by atoms with Crippen molar-refractivity contribution in [2.75, 3.05) is 26.5 Å². The number of piperidine rings is 1. The maximum absolute atomic E-state index is 13.6. The van der Waals surface area contributed by atoms with Crippen LogP contribution in [-0.4, -0.2) is 59.0 Å². The molecule has 242 valence electrons. The molecule has 5 rings (SSSR count). The molecule has 0 unspecified atom stereocenters. The second-order valence-corrected chi connectivity index (χ2v) is 12.1. The van der Waals surface area contributed by atoms with Gasteiger partial charge in [-0.1, -0.05) is 42.0 Å². The van der Waals surface area contributed by atoms with Crippen LogP contribution in [0.1, 0.15) is 73.1 Å². The van der Waals surface area contributed by atoms with Crippen molar-refractivity contribution in [3.05, 3.63) is 89.0 Å². The highest BCUT2D eigenvalue weighted by Gasteiger charge is 2.52. The fourth-order valence-electron chi connectivity index (χ4n) is 6.35. The van der Waals surface area contributed by atoms with E-state index in [4.69, 9.17) is 14.2 Å². The number of aromatic amines is 1. The Morgan fingerprint density at radius 2 is 1.91 bits per heavy atom. The van der Waals surface area contributed by atoms with Gasteiger partial charge in [0.15, 0.2) is 0 Å². The lowest BCUT2D eigenvalue weighted by molar-refractivity contribution is -0.137. The number of imidazole rings is 1. The number of aromatic nitrogens is 2. The molecule has 2 saturated heterocycles. The highest BCUT2D eigenvalue weighted by atomic mass is 19.4. The van der Waals surface area contributed by atoms with E-state index >= 15 is 0 Å². The fourth-order valence-corrected chi connectivity index (χ4v) is 6.35. The zero-order chi connectivity index (χ0) is 32.1. The number of halogens is 3. The Labute approximate surface area is 260 Å². The van der Waals surface area contributed by atoms with Crippen molar-refractivity contribution in [1.82, 2.24) is 20.2 Å². The molecule has 1 amide bonds. The summed E-state index contributed by atoms with van der Waals surface area (Å²) < 4.78 is 58.1. The predicted molar refractivity (Wildman–Crippen MR) is 159 cm³/mol. The van der Waals surface area contributed by atoms with Crippen LogP contribution in [0.15, 0.2) is 61.1 Å². The zero-order valence-corrected chi connectivity index (χ0v) is 25.5. The SMILES string of the molecule is Cc1cc([C@@H](C)OC[C@@]2(c3ccccc3)CC[C@]3(CCC(=O)N3)CN2COC(=O)OCCCc2cnc[nH]2)cc(C(F)(F)F)c1. The number of likely N-dealkylation sites (tertiary alicyclic amines) is 1. The number of hydrogen-bond acceptors (Lipinski definition) is 7. The molecule has 45 heavy (non-hydrogen) atoms. The molecule has 0 bridgehead atoms. The Morgan fingerprint density at radius 3 is 2.60 bits per heavy atom. The van der Waals surface area contributed by atoms with E-state index in [1.807, 2.05) is 35.2 Å². The summed E-state index contributed by atoms with van der Waals surface area (Å²) in [5, 5.41) is 3.14. The van der Waals surface area contributed by atoms with Gasteiger partial charge in [-0.3, -0.25) is 9.69 Å². The summed E-state index contributed by atoms with van der Waals surface area (Å²) in [6.45, 7) is 3.89. The van der Waals surface area contributed by atoms with Crippen molar-refractivity contribution in [2.45, 2.75) is 75.7 Å². The molecule has 0 aliphatic carbocycles. The minimum atomic E-state index is -4.48. The average molecular weight is 629 g/mol. The third-order valence-electron chi connectivity index (χ3n) is 8.83. The second-order valence-electron chi connectivity index (χ2n) is 12.1. The van der Waals surface area contributed by atoms with E-state index < -0.39 is 35.1 Å². The highest BCUT2D eigenvalue weighted by Crippen LogP contribution is 2.45. The number of ether oxygens (including phenoxy) is 3. The monoisotopic (exact) mass is 628 g/mol. The number of carbonyl (C=O) groups excluding carboxylic acids is 2. The molecule has 1 aromatic heterocycles. The quantitative estimate of drug-likeness (QED) is 0.193. The van der Waals surface area contributed by atoms with Gasteiger partial charge in [0.25, 0.3) is 0 Å². The van der Waals surface area contributed by atoms with Gasteiger partial charge in [0.1, 0.15) is 6.73 Å². The summed E-state index contributed by atoms with van der Waals surface area (Å²) in [6.07, 6.45) is 0.874. The molecule has 12 heteroatoms. The molecule has 3 aromatic rings. The second kappa shape index (κ2) is 13.6. The van der Waals surface area contributed by atoms with E-state index in [0.717, 1.165) is 23.4 Å². The van der Waals surface area contributed by atoms with Gasteiger partial charge >= 0.3 is 12.3 Å². The standard InChI is InChI=1S/C33H39F3N4O5/c1-23-15-25(17-27(16-23)33(34,35)36)24(2)44-20-32(26-7-4-3-5-8-26)13-12-31(11-10-29(41)39-31)19-40(32)22-45-30(42)43-14-6-9-28-18-37-21-38-28/h3-5,7-8,15-18,21,24H,6,9-14,19-20,22H2,1-2H3,(H,37,38)(H,39,41)/t24-,31-,32-/m1/s1. The summed E-state index contributed by atoms with van der Waals surface area (Å²) in [7, 11) is 0. The first kappa shape index (κ1) is 32.5. The molecule has 3 heterocycles. The number of alkyl halides is 3. The van der Waals surface area contributed by atoms with Crippen LogP contribution in [0, 0.1) is 6.92 Å². The molecule has 2 fully saturated rings. The summed E-state index contributed by atoms with van der Waals surface area (Å²) in [5.74, 6) is -0.0236. The summed E-state index contributed by atoms with van der Waals surface area (Å²) >= 11 is 0. The zero-order valence-electron chi connectivity index (χ0n) is 25.5.